The molecule has 120 valence electrons. The maximum Gasteiger partial charge on any atom is 0.340 e. The molecule has 0 fully saturated rings. The summed E-state index contributed by atoms with van der Waals surface area (Å²) in [5.41, 5.74) is 2.06. The van der Waals surface area contributed by atoms with Crippen LogP contribution in [-0.2, 0) is 4.74 Å². The number of H-pyrrole nitrogens is 1. The van der Waals surface area contributed by atoms with Crippen LogP contribution in [0.5, 0.6) is 0 Å². The number of nitrogens with zero attached hydrogens (tertiary/aromatic N) is 1. The van der Waals surface area contributed by atoms with Crippen LogP contribution in [0.4, 0.5) is 0 Å². The first-order valence-electron chi connectivity index (χ1n) is 7.24. The summed E-state index contributed by atoms with van der Waals surface area (Å²) in [6.07, 6.45) is 3.10. The van der Waals surface area contributed by atoms with E-state index in [1.807, 2.05) is 0 Å². The second-order valence-corrected chi connectivity index (χ2v) is 5.37. The zero-order valence-electron chi connectivity index (χ0n) is 13.7. The molecule has 22 heavy (non-hydrogen) atoms. The fourth-order valence-corrected chi connectivity index (χ4v) is 2.25. The summed E-state index contributed by atoms with van der Waals surface area (Å²) in [5.74, 6) is -0.608. The Balaban J connectivity index is 3.16. The molecule has 0 aromatic carbocycles. The second kappa shape index (κ2) is 7.64. The van der Waals surface area contributed by atoms with E-state index in [0.29, 0.717) is 35.6 Å². The number of hydrogen-bond acceptors (Lipinski definition) is 3. The molecule has 0 atom stereocenters. The van der Waals surface area contributed by atoms with Gasteiger partial charge in [-0.15, -0.1) is 13.2 Å². The van der Waals surface area contributed by atoms with Gasteiger partial charge in [0.25, 0.3) is 5.91 Å². The number of aromatic nitrogens is 1. The van der Waals surface area contributed by atoms with Crippen LogP contribution in [0.2, 0.25) is 0 Å². The number of nitrogens with one attached hydrogen (secondary N) is 1. The van der Waals surface area contributed by atoms with Gasteiger partial charge < -0.3 is 14.6 Å². The molecule has 1 aromatic rings. The fraction of sp³-hybridized carbons (Fsp3) is 0.412. The van der Waals surface area contributed by atoms with E-state index in [1.54, 1.807) is 44.7 Å². The van der Waals surface area contributed by atoms with Crippen molar-refractivity contribution < 1.29 is 14.3 Å². The molecule has 1 N–H and O–H groups in total. The molecule has 0 aliphatic carbocycles. The molecule has 0 spiro atoms. The SMILES string of the molecule is C=CCN(CC=C)C(=O)c1[nH]c(C)c(C(=O)OC(C)C)c1C. The van der Waals surface area contributed by atoms with Gasteiger partial charge in [-0.05, 0) is 33.3 Å². The van der Waals surface area contributed by atoms with E-state index in [4.69, 9.17) is 4.74 Å². The molecular formula is C17H24N2O3. The highest BCUT2D eigenvalue weighted by molar-refractivity contribution is 6.00. The number of esters is 1. The van der Waals surface area contributed by atoms with Crippen molar-refractivity contribution in [1.82, 2.24) is 9.88 Å². The molecule has 1 heterocycles. The van der Waals surface area contributed by atoms with Crippen molar-refractivity contribution in [3.05, 3.63) is 47.8 Å². The van der Waals surface area contributed by atoms with Crippen molar-refractivity contribution in [3.63, 3.8) is 0 Å². The Morgan fingerprint density at radius 3 is 2.23 bits per heavy atom. The molecule has 1 rings (SSSR count). The van der Waals surface area contributed by atoms with Gasteiger partial charge in [-0.1, -0.05) is 12.2 Å². The molecule has 0 aliphatic rings. The van der Waals surface area contributed by atoms with Crippen LogP contribution in [0.25, 0.3) is 0 Å². The van der Waals surface area contributed by atoms with Crippen LogP contribution in [0.15, 0.2) is 25.3 Å². The minimum Gasteiger partial charge on any atom is -0.459 e. The summed E-state index contributed by atoms with van der Waals surface area (Å²) in [6, 6.07) is 0. The van der Waals surface area contributed by atoms with Crippen LogP contribution in [0.3, 0.4) is 0 Å². The number of carbonyl (C=O) groups excluding carboxylic acids is 2. The third-order valence-electron chi connectivity index (χ3n) is 3.18. The van der Waals surface area contributed by atoms with Crippen molar-refractivity contribution in [2.75, 3.05) is 13.1 Å². The summed E-state index contributed by atoms with van der Waals surface area (Å²) < 4.78 is 5.23. The largest absolute Gasteiger partial charge is 0.459 e. The van der Waals surface area contributed by atoms with Crippen LogP contribution in [0.1, 0.15) is 46.0 Å². The number of amides is 1. The molecule has 1 aromatic heterocycles. The molecule has 0 bridgehead atoms. The van der Waals surface area contributed by atoms with Crippen molar-refractivity contribution >= 4 is 11.9 Å². The summed E-state index contributed by atoms with van der Waals surface area (Å²) >= 11 is 0. The van der Waals surface area contributed by atoms with Crippen molar-refractivity contribution in [1.29, 1.82) is 0 Å². The third kappa shape index (κ3) is 3.87. The minimum absolute atomic E-state index is 0.191. The highest BCUT2D eigenvalue weighted by Gasteiger charge is 2.25. The highest BCUT2D eigenvalue weighted by Crippen LogP contribution is 2.21. The zero-order valence-corrected chi connectivity index (χ0v) is 13.7. The molecule has 0 saturated carbocycles. The van der Waals surface area contributed by atoms with Gasteiger partial charge in [-0.25, -0.2) is 4.79 Å². The average molecular weight is 304 g/mol. The molecule has 5 nitrogen and oxygen atoms in total. The summed E-state index contributed by atoms with van der Waals surface area (Å²) in [7, 11) is 0. The molecule has 0 radical (unpaired) electrons. The van der Waals surface area contributed by atoms with Gasteiger partial charge in [0.1, 0.15) is 5.69 Å². The minimum atomic E-state index is -0.417. The average Bonchev–Trinajstić information content (AvgIpc) is 2.72. The van der Waals surface area contributed by atoms with Gasteiger partial charge in [0.2, 0.25) is 0 Å². The molecule has 0 aliphatic heterocycles. The fourth-order valence-electron chi connectivity index (χ4n) is 2.25. The van der Waals surface area contributed by atoms with E-state index in [1.165, 1.54) is 0 Å². The van der Waals surface area contributed by atoms with Gasteiger partial charge in [-0.2, -0.15) is 0 Å². The maximum atomic E-state index is 12.6. The van der Waals surface area contributed by atoms with Crippen LogP contribution in [0, 0.1) is 13.8 Å². The zero-order chi connectivity index (χ0) is 16.9. The maximum absolute atomic E-state index is 12.6. The molecular weight excluding hydrogens is 280 g/mol. The molecule has 0 saturated heterocycles. The highest BCUT2D eigenvalue weighted by atomic mass is 16.5. The number of ether oxygens (including phenoxy) is 1. The first-order chi connectivity index (χ1) is 10.3. The van der Waals surface area contributed by atoms with Gasteiger partial charge in [0, 0.05) is 18.8 Å². The second-order valence-electron chi connectivity index (χ2n) is 5.37. The van der Waals surface area contributed by atoms with Crippen molar-refractivity contribution in [3.8, 4) is 0 Å². The smallest absolute Gasteiger partial charge is 0.340 e. The summed E-state index contributed by atoms with van der Waals surface area (Å²) in [4.78, 5) is 29.4. The number of aromatic amines is 1. The topological polar surface area (TPSA) is 62.4 Å². The van der Waals surface area contributed by atoms with Gasteiger partial charge >= 0.3 is 5.97 Å². The first-order valence-corrected chi connectivity index (χ1v) is 7.24. The van der Waals surface area contributed by atoms with E-state index in [-0.39, 0.29) is 12.0 Å². The third-order valence-corrected chi connectivity index (χ3v) is 3.18. The summed E-state index contributed by atoms with van der Waals surface area (Å²) in [6.45, 7) is 15.2. The predicted molar refractivity (Wildman–Crippen MR) is 87.1 cm³/mol. The Morgan fingerprint density at radius 2 is 1.77 bits per heavy atom. The lowest BCUT2D eigenvalue weighted by Crippen LogP contribution is -2.32. The lowest BCUT2D eigenvalue weighted by atomic mass is 10.1. The molecule has 0 unspecified atom stereocenters. The Labute approximate surface area is 131 Å². The Morgan fingerprint density at radius 1 is 1.23 bits per heavy atom. The van der Waals surface area contributed by atoms with Crippen molar-refractivity contribution in [2.24, 2.45) is 0 Å². The molecule has 1 amide bonds. The van der Waals surface area contributed by atoms with Gasteiger partial charge in [-0.3, -0.25) is 4.79 Å². The lowest BCUT2D eigenvalue weighted by molar-refractivity contribution is 0.0376. The summed E-state index contributed by atoms with van der Waals surface area (Å²) in [5, 5.41) is 0. The normalized spacial score (nSPS) is 10.4. The van der Waals surface area contributed by atoms with E-state index in [9.17, 15) is 9.59 Å². The van der Waals surface area contributed by atoms with E-state index in [0.717, 1.165) is 0 Å². The van der Waals surface area contributed by atoms with E-state index < -0.39 is 5.97 Å². The predicted octanol–water partition coefficient (Wildman–Crippen LogP) is 3.01. The van der Waals surface area contributed by atoms with Crippen molar-refractivity contribution in [2.45, 2.75) is 33.8 Å². The number of aryl methyl sites for hydroxylation is 1. The van der Waals surface area contributed by atoms with Gasteiger partial charge in [0.05, 0.1) is 11.7 Å². The Bertz CT molecular complexity index is 575. The number of carbonyl (C=O) groups is 2. The van der Waals surface area contributed by atoms with Crippen LogP contribution >= 0.6 is 0 Å². The quantitative estimate of drug-likeness (QED) is 0.622. The van der Waals surface area contributed by atoms with Crippen LogP contribution in [-0.4, -0.2) is 41.0 Å². The van der Waals surface area contributed by atoms with E-state index >= 15 is 0 Å². The monoisotopic (exact) mass is 304 g/mol. The van der Waals surface area contributed by atoms with Crippen LogP contribution < -0.4 is 0 Å². The lowest BCUT2D eigenvalue weighted by Gasteiger charge is -2.19. The number of hydrogen-bond donors (Lipinski definition) is 1. The Kier molecular flexibility index (Phi) is 6.16. The number of rotatable bonds is 7. The first kappa shape index (κ1) is 17.8. The standard InChI is InChI=1S/C17H24N2O3/c1-7-9-19(10-8-2)16(20)15-12(5)14(13(6)18-15)17(21)22-11(3)4/h7-8,11,18H,1-2,9-10H2,3-6H3. The van der Waals surface area contributed by atoms with Gasteiger partial charge in [0.15, 0.2) is 0 Å². The Hall–Kier alpha value is -2.30. The molecule has 5 heteroatoms. The van der Waals surface area contributed by atoms with E-state index in [2.05, 4.69) is 18.1 Å².